The fourth-order valence-corrected chi connectivity index (χ4v) is 0.954. The maximum atomic E-state index is 10.2. The van der Waals surface area contributed by atoms with Crippen LogP contribution in [-0.2, 0) is 11.4 Å². The van der Waals surface area contributed by atoms with E-state index in [1.54, 1.807) is 24.3 Å². The Hall–Kier alpha value is -1.13. The number of hydrogen-bond acceptors (Lipinski definition) is 3. The molecule has 0 atom stereocenters. The fourth-order valence-electron chi connectivity index (χ4n) is 0.954. The molecule has 3 nitrogen and oxygen atoms in total. The van der Waals surface area contributed by atoms with Crippen LogP contribution in [0.4, 0.5) is 0 Å². The van der Waals surface area contributed by atoms with E-state index in [1.807, 2.05) is 0 Å². The maximum Gasteiger partial charge on any atom is 0.395 e. The minimum atomic E-state index is -1.09. The van der Waals surface area contributed by atoms with Crippen molar-refractivity contribution in [2.45, 2.75) is 6.61 Å². The van der Waals surface area contributed by atoms with Gasteiger partial charge in [0.05, 0.1) is 6.61 Å². The Balaban J connectivity index is 2.93. The topological polar surface area (TPSA) is 57.5 Å². The van der Waals surface area contributed by atoms with Gasteiger partial charge in [-0.1, -0.05) is 24.3 Å². The Kier molecular flexibility index (Phi) is 3.02. The van der Waals surface area contributed by atoms with E-state index in [-0.39, 0.29) is 6.61 Å². The van der Waals surface area contributed by atoms with E-state index in [1.165, 1.54) is 0 Å². The summed E-state index contributed by atoms with van der Waals surface area (Å²) in [7, 11) is 0. The number of rotatable bonds is 3. The van der Waals surface area contributed by atoms with Gasteiger partial charge in [0, 0.05) is 0 Å². The molecule has 0 unspecified atom stereocenters. The average molecular weight is 164 g/mol. The van der Waals surface area contributed by atoms with Crippen molar-refractivity contribution in [3.63, 3.8) is 0 Å². The highest BCUT2D eigenvalue weighted by atomic mass is 16.3. The summed E-state index contributed by atoms with van der Waals surface area (Å²) in [4.78, 5) is 10.2. The molecule has 0 saturated carbocycles. The van der Waals surface area contributed by atoms with E-state index >= 15 is 0 Å². The number of benzene rings is 1. The van der Waals surface area contributed by atoms with Gasteiger partial charge in [0.25, 0.3) is 0 Å². The smallest absolute Gasteiger partial charge is 0.395 e. The van der Waals surface area contributed by atoms with E-state index < -0.39 is 6.92 Å². The highest BCUT2D eigenvalue weighted by Gasteiger charge is 2.11. The molecule has 0 heterocycles. The van der Waals surface area contributed by atoms with Gasteiger partial charge in [-0.05, 0) is 11.0 Å². The summed E-state index contributed by atoms with van der Waals surface area (Å²) in [6, 6.07) is 6.64. The van der Waals surface area contributed by atoms with Gasteiger partial charge < -0.3 is 14.9 Å². The lowest BCUT2D eigenvalue weighted by molar-refractivity contribution is 0.282. The molecule has 0 aliphatic rings. The van der Waals surface area contributed by atoms with Crippen molar-refractivity contribution in [3.05, 3.63) is 29.8 Å². The van der Waals surface area contributed by atoms with Crippen molar-refractivity contribution < 1.29 is 14.9 Å². The van der Waals surface area contributed by atoms with Crippen LogP contribution in [0.25, 0.3) is 0 Å². The minimum Gasteiger partial charge on any atom is -0.441 e. The molecule has 0 amide bonds. The summed E-state index contributed by atoms with van der Waals surface area (Å²) in [5.41, 5.74) is 1.20. The first-order valence-corrected chi connectivity index (χ1v) is 3.61. The second-order valence-corrected chi connectivity index (χ2v) is 2.48. The molecule has 0 bridgehead atoms. The van der Waals surface area contributed by atoms with Gasteiger partial charge in [-0.15, -0.1) is 0 Å². The van der Waals surface area contributed by atoms with Gasteiger partial charge in [0.1, 0.15) is 6.19 Å². The van der Waals surface area contributed by atoms with Gasteiger partial charge in [-0.25, -0.2) is 0 Å². The van der Waals surface area contributed by atoms with E-state index in [0.717, 1.165) is 0 Å². The van der Waals surface area contributed by atoms with E-state index in [0.29, 0.717) is 17.2 Å². The second kappa shape index (κ2) is 4.04. The SMILES string of the molecule is O=CB(O)c1cccc(CO)c1. The largest absolute Gasteiger partial charge is 0.441 e. The van der Waals surface area contributed by atoms with Crippen LogP contribution >= 0.6 is 0 Å². The third-order valence-electron chi connectivity index (χ3n) is 1.60. The van der Waals surface area contributed by atoms with Crippen LogP contribution in [0.3, 0.4) is 0 Å². The Morgan fingerprint density at radius 1 is 1.50 bits per heavy atom. The summed E-state index contributed by atoms with van der Waals surface area (Å²) in [6.45, 7) is -1.17. The highest BCUT2D eigenvalue weighted by Crippen LogP contribution is 1.95. The quantitative estimate of drug-likeness (QED) is 0.451. The summed E-state index contributed by atoms with van der Waals surface area (Å²) in [6.07, 6.45) is 0.455. The fraction of sp³-hybridized carbons (Fsp3) is 0.125. The normalized spacial score (nSPS) is 9.50. The Morgan fingerprint density at radius 2 is 2.25 bits per heavy atom. The summed E-state index contributed by atoms with van der Waals surface area (Å²) >= 11 is 0. The number of hydrogen-bond donors (Lipinski definition) is 2. The molecule has 4 heteroatoms. The number of carbonyl (C=O) groups excluding carboxylic acids is 1. The van der Waals surface area contributed by atoms with E-state index in [2.05, 4.69) is 0 Å². The number of carbonyl (C=O) groups is 1. The predicted molar refractivity (Wildman–Crippen MR) is 46.7 cm³/mol. The molecule has 1 aromatic rings. The Bertz CT molecular complexity index is 275. The predicted octanol–water partition coefficient (Wildman–Crippen LogP) is -0.858. The van der Waals surface area contributed by atoms with E-state index in [9.17, 15) is 4.79 Å². The molecule has 2 N–H and O–H groups in total. The zero-order valence-electron chi connectivity index (χ0n) is 6.47. The van der Waals surface area contributed by atoms with Crippen LogP contribution < -0.4 is 5.46 Å². The van der Waals surface area contributed by atoms with Crippen molar-refractivity contribution in [1.82, 2.24) is 0 Å². The van der Waals surface area contributed by atoms with Crippen molar-refractivity contribution >= 4 is 18.6 Å². The molecule has 0 fully saturated rings. The minimum absolute atomic E-state index is 0.0839. The molecule has 12 heavy (non-hydrogen) atoms. The van der Waals surface area contributed by atoms with Gasteiger partial charge in [0.2, 0.25) is 0 Å². The monoisotopic (exact) mass is 164 g/mol. The Labute approximate surface area is 70.8 Å². The zero-order valence-corrected chi connectivity index (χ0v) is 6.47. The van der Waals surface area contributed by atoms with E-state index in [4.69, 9.17) is 10.1 Å². The van der Waals surface area contributed by atoms with Crippen molar-refractivity contribution in [3.8, 4) is 0 Å². The van der Waals surface area contributed by atoms with Crippen LogP contribution in [0, 0.1) is 0 Å². The first kappa shape index (κ1) is 8.97. The first-order valence-electron chi connectivity index (χ1n) is 3.61. The third kappa shape index (κ3) is 1.93. The van der Waals surface area contributed by atoms with Crippen LogP contribution in [-0.4, -0.2) is 23.2 Å². The molecular formula is C8H9BO3. The highest BCUT2D eigenvalue weighted by molar-refractivity contribution is 6.89. The van der Waals surface area contributed by atoms with Gasteiger partial charge >= 0.3 is 6.92 Å². The molecule has 0 spiro atoms. The number of aliphatic hydroxyl groups is 1. The lowest BCUT2D eigenvalue weighted by Gasteiger charge is -2.01. The molecule has 0 aliphatic carbocycles. The summed E-state index contributed by atoms with van der Waals surface area (Å²) < 4.78 is 0. The summed E-state index contributed by atoms with van der Waals surface area (Å²) in [5, 5.41) is 17.8. The lowest BCUT2D eigenvalue weighted by atomic mass is 9.63. The molecular weight excluding hydrogens is 155 g/mol. The molecule has 0 saturated heterocycles. The lowest BCUT2D eigenvalue weighted by Crippen LogP contribution is -2.32. The second-order valence-electron chi connectivity index (χ2n) is 2.48. The van der Waals surface area contributed by atoms with Crippen molar-refractivity contribution in [2.24, 2.45) is 0 Å². The van der Waals surface area contributed by atoms with Gasteiger partial charge in [-0.3, -0.25) is 0 Å². The zero-order chi connectivity index (χ0) is 8.97. The van der Waals surface area contributed by atoms with Crippen LogP contribution in [0.15, 0.2) is 24.3 Å². The average Bonchev–Trinajstić information content (AvgIpc) is 2.17. The summed E-state index contributed by atoms with van der Waals surface area (Å²) in [5.74, 6) is 0. The van der Waals surface area contributed by atoms with Gasteiger partial charge in [-0.2, -0.15) is 0 Å². The van der Waals surface area contributed by atoms with Crippen molar-refractivity contribution in [1.29, 1.82) is 0 Å². The first-order chi connectivity index (χ1) is 5.77. The molecule has 1 aromatic carbocycles. The molecule has 62 valence electrons. The standard InChI is InChI=1S/C8H9BO3/c10-5-7-2-1-3-8(4-7)9(12)6-11/h1-4,6,10,12H,5H2. The molecule has 0 aliphatic heterocycles. The van der Waals surface area contributed by atoms with Crippen LogP contribution in [0.5, 0.6) is 0 Å². The Morgan fingerprint density at radius 3 is 2.83 bits per heavy atom. The molecule has 0 radical (unpaired) electrons. The van der Waals surface area contributed by atoms with Gasteiger partial charge in [0.15, 0.2) is 0 Å². The van der Waals surface area contributed by atoms with Crippen molar-refractivity contribution in [2.75, 3.05) is 0 Å². The van der Waals surface area contributed by atoms with Crippen LogP contribution in [0.1, 0.15) is 5.56 Å². The maximum absolute atomic E-state index is 10.2. The van der Waals surface area contributed by atoms with Crippen LogP contribution in [0.2, 0.25) is 0 Å². The number of aliphatic hydroxyl groups excluding tert-OH is 1. The molecule has 0 aromatic heterocycles. The molecule has 1 rings (SSSR count). The third-order valence-corrected chi connectivity index (χ3v) is 1.60.